The Kier molecular flexibility index (Phi) is 7.61. The highest BCUT2D eigenvalue weighted by Gasteiger charge is 2.45. The van der Waals surface area contributed by atoms with Crippen molar-refractivity contribution in [2.75, 3.05) is 14.7 Å². The maximum Gasteiger partial charge on any atom is 0.252 e. The van der Waals surface area contributed by atoms with E-state index in [-0.39, 0.29) is 28.7 Å². The molecule has 0 saturated carbocycles. The van der Waals surface area contributed by atoms with Gasteiger partial charge in [-0.2, -0.15) is 0 Å². The Balaban J connectivity index is 1.13. The summed E-state index contributed by atoms with van der Waals surface area (Å²) in [5.41, 5.74) is 17.3. The second-order valence-corrected chi connectivity index (χ2v) is 21.3. The molecule has 68 heavy (non-hydrogen) atoms. The average Bonchev–Trinajstić information content (AvgIpc) is 3.86. The van der Waals surface area contributed by atoms with Crippen LogP contribution in [0.15, 0.2) is 188 Å². The molecule has 0 saturated heterocycles. The highest BCUT2D eigenvalue weighted by Crippen LogP contribution is 2.52. The fourth-order valence-corrected chi connectivity index (χ4v) is 12.6. The molecule has 328 valence electrons. The minimum Gasteiger partial charge on any atom is -0.311 e. The predicted octanol–water partition coefficient (Wildman–Crippen LogP) is 15.8. The van der Waals surface area contributed by atoms with Gasteiger partial charge in [0.2, 0.25) is 0 Å². The number of fused-ring (bicyclic) bond motifs is 10. The number of rotatable bonds is 5. The van der Waals surface area contributed by atoms with Crippen molar-refractivity contribution < 1.29 is 8.22 Å². The van der Waals surface area contributed by atoms with E-state index in [4.69, 9.17) is 8.22 Å². The van der Waals surface area contributed by atoms with Crippen molar-refractivity contribution in [3.05, 3.63) is 216 Å². The van der Waals surface area contributed by atoms with Crippen molar-refractivity contribution in [1.29, 1.82) is 0 Å². The minimum absolute atomic E-state index is 0.178. The third-order valence-electron chi connectivity index (χ3n) is 14.7. The van der Waals surface area contributed by atoms with Gasteiger partial charge in [-0.15, -0.1) is 11.3 Å². The SMILES string of the molecule is [2H]C([2H])([2H])c1cccc(N(c2ccccc2)c2ccc3c(c2)N(c2ccc4sc5ccccc5c4c2)c2cc(C([2H])([2H])[2H])cc4c2B3c2cc(C(C)(C)C)ccc2N4c2ccc3c(c2)-c2ccccc2C3(C)C)c1. The van der Waals surface area contributed by atoms with Crippen molar-refractivity contribution in [3.8, 4) is 11.1 Å². The second-order valence-electron chi connectivity index (χ2n) is 20.2. The first kappa shape index (κ1) is 34.9. The molecule has 2 aliphatic heterocycles. The summed E-state index contributed by atoms with van der Waals surface area (Å²) < 4.78 is 55.0. The summed E-state index contributed by atoms with van der Waals surface area (Å²) in [5.74, 6) is 0. The Hall–Kier alpha value is -7.34. The highest BCUT2D eigenvalue weighted by molar-refractivity contribution is 7.25. The quantitative estimate of drug-likeness (QED) is 0.159. The number of hydrogen-bond donors (Lipinski definition) is 0. The third-order valence-corrected chi connectivity index (χ3v) is 15.9. The summed E-state index contributed by atoms with van der Waals surface area (Å²) in [4.78, 5) is 6.73. The first-order valence-electron chi connectivity index (χ1n) is 26.5. The van der Waals surface area contributed by atoms with Crippen LogP contribution in [0.5, 0.6) is 0 Å². The maximum absolute atomic E-state index is 9.15. The summed E-state index contributed by atoms with van der Waals surface area (Å²) in [5, 5.41) is 2.29. The van der Waals surface area contributed by atoms with E-state index in [2.05, 4.69) is 171 Å². The standard InChI is InChI=1S/C63H52BN3S/c1-39-16-15-19-43(32-39)65(42-17-9-8-10-18-42)46-26-29-53-56(38-46)67(45-27-31-60-50(37-45)48-21-12-14-23-59(48)68-60)58-34-40(2)33-57-61(58)64(53)54-35-41(62(3,4)5)24-30-55(54)66(57)44-25-28-52-49(36-44)47-20-11-13-22-51(47)63(52,6)7/h8-38H,1-7H3/i1D3,2D3. The van der Waals surface area contributed by atoms with Gasteiger partial charge in [-0.3, -0.25) is 0 Å². The third kappa shape index (κ3) is 6.11. The predicted molar refractivity (Wildman–Crippen MR) is 294 cm³/mol. The molecule has 13 rings (SSSR count). The van der Waals surface area contributed by atoms with Crippen LogP contribution in [0.25, 0.3) is 31.3 Å². The van der Waals surface area contributed by atoms with E-state index in [9.17, 15) is 0 Å². The average molecular weight is 900 g/mol. The molecule has 0 amide bonds. The summed E-state index contributed by atoms with van der Waals surface area (Å²) >= 11 is 1.77. The highest BCUT2D eigenvalue weighted by atomic mass is 32.1. The first-order chi connectivity index (χ1) is 35.3. The number of nitrogens with zero attached hydrogens (tertiary/aromatic N) is 3. The second kappa shape index (κ2) is 14.8. The zero-order chi connectivity index (χ0) is 51.2. The molecule has 0 bridgehead atoms. The number of aryl methyl sites for hydroxylation is 2. The van der Waals surface area contributed by atoms with Gasteiger partial charge in [0.1, 0.15) is 0 Å². The number of anilines is 9. The molecular weight excluding hydrogens is 842 g/mol. The molecule has 0 atom stereocenters. The van der Waals surface area contributed by atoms with Crippen LogP contribution in [0.4, 0.5) is 51.2 Å². The Morgan fingerprint density at radius 3 is 2.01 bits per heavy atom. The number of hydrogen-bond acceptors (Lipinski definition) is 4. The van der Waals surface area contributed by atoms with Crippen molar-refractivity contribution in [2.24, 2.45) is 0 Å². The van der Waals surface area contributed by atoms with Gasteiger partial charge in [-0.1, -0.05) is 132 Å². The van der Waals surface area contributed by atoms with Crippen LogP contribution >= 0.6 is 11.3 Å². The molecule has 0 fully saturated rings. The topological polar surface area (TPSA) is 9.72 Å². The number of benzene rings is 9. The van der Waals surface area contributed by atoms with Crippen LogP contribution in [-0.4, -0.2) is 6.71 Å². The zero-order valence-electron chi connectivity index (χ0n) is 44.7. The first-order valence-corrected chi connectivity index (χ1v) is 24.3. The Bertz CT molecular complexity index is 3950. The van der Waals surface area contributed by atoms with Gasteiger partial charge in [0, 0.05) is 85.0 Å². The molecular formula is C63H52BN3S. The molecule has 10 aromatic rings. The van der Waals surface area contributed by atoms with Crippen molar-refractivity contribution in [1.82, 2.24) is 0 Å². The normalized spacial score (nSPS) is 15.8. The lowest BCUT2D eigenvalue weighted by atomic mass is 9.33. The van der Waals surface area contributed by atoms with Crippen LogP contribution in [0, 0.1) is 13.7 Å². The van der Waals surface area contributed by atoms with Crippen LogP contribution in [0.1, 0.15) is 70.7 Å². The van der Waals surface area contributed by atoms with E-state index in [1.807, 2.05) is 54.6 Å². The fourth-order valence-electron chi connectivity index (χ4n) is 11.5. The molecule has 9 aromatic carbocycles. The maximum atomic E-state index is 9.15. The van der Waals surface area contributed by atoms with Crippen LogP contribution in [0.2, 0.25) is 0 Å². The van der Waals surface area contributed by atoms with E-state index in [0.717, 1.165) is 77.4 Å². The van der Waals surface area contributed by atoms with E-state index < -0.39 is 13.7 Å². The van der Waals surface area contributed by atoms with Gasteiger partial charge in [0.15, 0.2) is 0 Å². The molecule has 0 unspecified atom stereocenters. The Morgan fingerprint density at radius 2 is 1.19 bits per heavy atom. The Morgan fingerprint density at radius 1 is 0.500 bits per heavy atom. The summed E-state index contributed by atoms with van der Waals surface area (Å²) in [6.07, 6.45) is 0. The molecule has 1 aromatic heterocycles. The number of para-hydroxylation sites is 1. The van der Waals surface area contributed by atoms with Gasteiger partial charge in [0.05, 0.1) is 0 Å². The summed E-state index contributed by atoms with van der Waals surface area (Å²) in [6, 6.07) is 65.2. The summed E-state index contributed by atoms with van der Waals surface area (Å²) in [7, 11) is 0. The molecule has 3 nitrogen and oxygen atoms in total. The zero-order valence-corrected chi connectivity index (χ0v) is 39.5. The van der Waals surface area contributed by atoms with Crippen LogP contribution in [-0.2, 0) is 10.8 Å². The van der Waals surface area contributed by atoms with Gasteiger partial charge in [-0.25, -0.2) is 0 Å². The molecule has 1 aliphatic carbocycles. The molecule has 0 N–H and O–H groups in total. The number of thiophene rings is 1. The van der Waals surface area contributed by atoms with Gasteiger partial charge >= 0.3 is 0 Å². The van der Waals surface area contributed by atoms with E-state index in [1.54, 1.807) is 23.5 Å². The van der Waals surface area contributed by atoms with E-state index >= 15 is 0 Å². The monoisotopic (exact) mass is 899 g/mol. The Labute approximate surface area is 413 Å². The molecule has 0 radical (unpaired) electrons. The lowest BCUT2D eigenvalue weighted by molar-refractivity contribution is 0.591. The molecule has 0 spiro atoms. The largest absolute Gasteiger partial charge is 0.311 e. The smallest absolute Gasteiger partial charge is 0.252 e. The lowest BCUT2D eigenvalue weighted by Gasteiger charge is -2.45. The minimum atomic E-state index is -2.46. The van der Waals surface area contributed by atoms with Gasteiger partial charge < -0.3 is 14.7 Å². The fraction of sp³-hybridized carbons (Fsp3) is 0.143. The van der Waals surface area contributed by atoms with Crippen molar-refractivity contribution in [2.45, 2.75) is 59.2 Å². The van der Waals surface area contributed by atoms with Gasteiger partial charge in [0.25, 0.3) is 6.71 Å². The molecule has 5 heteroatoms. The molecule has 3 heterocycles. The van der Waals surface area contributed by atoms with Crippen molar-refractivity contribution >= 4 is 106 Å². The van der Waals surface area contributed by atoms with E-state index in [1.165, 1.54) is 32.5 Å². The van der Waals surface area contributed by atoms with Crippen LogP contribution in [0.3, 0.4) is 0 Å². The van der Waals surface area contributed by atoms with Crippen LogP contribution < -0.4 is 31.1 Å². The summed E-state index contributed by atoms with van der Waals surface area (Å²) in [6.45, 7) is 6.28. The molecule has 3 aliphatic rings. The van der Waals surface area contributed by atoms with Crippen molar-refractivity contribution in [3.63, 3.8) is 0 Å². The lowest BCUT2D eigenvalue weighted by Crippen LogP contribution is -2.61. The van der Waals surface area contributed by atoms with Gasteiger partial charge in [-0.05, 0) is 165 Å². The van der Waals surface area contributed by atoms with E-state index in [0.29, 0.717) is 5.69 Å².